The quantitative estimate of drug-likeness (QED) is 0.918. The molecule has 0 aliphatic heterocycles. The summed E-state index contributed by atoms with van der Waals surface area (Å²) < 4.78 is 2.91. The second-order valence-electron chi connectivity index (χ2n) is 4.74. The van der Waals surface area contributed by atoms with Gasteiger partial charge in [-0.1, -0.05) is 28.1 Å². The minimum absolute atomic E-state index is 0.192. The summed E-state index contributed by atoms with van der Waals surface area (Å²) >= 11 is 3.45. The average molecular weight is 323 g/mol. The van der Waals surface area contributed by atoms with Crippen molar-refractivity contribution in [1.82, 2.24) is 14.7 Å². The largest absolute Gasteiger partial charge is 0.329 e. The molecule has 5 heteroatoms. The van der Waals surface area contributed by atoms with Crippen molar-refractivity contribution in [2.24, 2.45) is 12.8 Å². The highest BCUT2D eigenvalue weighted by Gasteiger charge is 2.17. The number of rotatable bonds is 5. The summed E-state index contributed by atoms with van der Waals surface area (Å²) in [6.45, 7) is 1.45. The van der Waals surface area contributed by atoms with Crippen LogP contribution in [0.4, 0.5) is 0 Å². The fourth-order valence-electron chi connectivity index (χ4n) is 2.17. The zero-order valence-electron chi connectivity index (χ0n) is 11.3. The van der Waals surface area contributed by atoms with Gasteiger partial charge in [0.1, 0.15) is 0 Å². The molecule has 1 atom stereocenters. The van der Waals surface area contributed by atoms with Crippen LogP contribution in [-0.4, -0.2) is 28.3 Å². The summed E-state index contributed by atoms with van der Waals surface area (Å²) in [5, 5.41) is 4.21. The monoisotopic (exact) mass is 322 g/mol. The highest BCUT2D eigenvalue weighted by Crippen LogP contribution is 2.20. The van der Waals surface area contributed by atoms with Crippen molar-refractivity contribution in [1.29, 1.82) is 0 Å². The highest BCUT2D eigenvalue weighted by molar-refractivity contribution is 9.10. The van der Waals surface area contributed by atoms with E-state index in [1.165, 1.54) is 5.56 Å². The van der Waals surface area contributed by atoms with Crippen LogP contribution in [0.1, 0.15) is 17.2 Å². The number of aromatic nitrogens is 2. The standard InChI is InChI=1S/C14H19BrN4/c1-18(9-11-3-5-13(15)6-4-11)14(7-16)12-8-17-19(2)10-12/h3-6,8,10,14H,7,9,16H2,1-2H3. The number of nitrogens with two attached hydrogens (primary N) is 1. The lowest BCUT2D eigenvalue weighted by atomic mass is 10.1. The molecular weight excluding hydrogens is 304 g/mol. The second kappa shape index (κ2) is 6.32. The van der Waals surface area contributed by atoms with E-state index in [1.54, 1.807) is 0 Å². The Labute approximate surface area is 122 Å². The van der Waals surface area contributed by atoms with Gasteiger partial charge in [0.25, 0.3) is 0 Å². The molecule has 0 saturated heterocycles. The molecule has 0 aliphatic rings. The van der Waals surface area contributed by atoms with E-state index in [2.05, 4.69) is 57.2 Å². The van der Waals surface area contributed by atoms with Crippen LogP contribution >= 0.6 is 15.9 Å². The van der Waals surface area contributed by atoms with Crippen molar-refractivity contribution in [2.75, 3.05) is 13.6 Å². The summed E-state index contributed by atoms with van der Waals surface area (Å²) in [4.78, 5) is 2.25. The molecule has 0 saturated carbocycles. The van der Waals surface area contributed by atoms with Gasteiger partial charge < -0.3 is 5.73 Å². The molecule has 0 bridgehead atoms. The van der Waals surface area contributed by atoms with E-state index < -0.39 is 0 Å². The van der Waals surface area contributed by atoms with Crippen molar-refractivity contribution in [3.05, 3.63) is 52.3 Å². The van der Waals surface area contributed by atoms with Gasteiger partial charge in [0.05, 0.1) is 12.2 Å². The number of nitrogens with zero attached hydrogens (tertiary/aromatic N) is 3. The number of benzene rings is 1. The SMILES string of the molecule is CN(Cc1ccc(Br)cc1)C(CN)c1cnn(C)c1. The predicted molar refractivity (Wildman–Crippen MR) is 80.6 cm³/mol. The Hall–Kier alpha value is -1.17. The van der Waals surface area contributed by atoms with E-state index in [1.807, 2.05) is 24.1 Å². The zero-order chi connectivity index (χ0) is 13.8. The molecule has 1 aromatic carbocycles. The van der Waals surface area contributed by atoms with Crippen molar-refractivity contribution in [3.8, 4) is 0 Å². The molecule has 2 rings (SSSR count). The topological polar surface area (TPSA) is 47.1 Å². The third-order valence-corrected chi connectivity index (χ3v) is 3.74. The maximum Gasteiger partial charge on any atom is 0.0538 e. The predicted octanol–water partition coefficient (Wildman–Crippen LogP) is 2.31. The van der Waals surface area contributed by atoms with Crippen molar-refractivity contribution in [3.63, 3.8) is 0 Å². The Morgan fingerprint density at radius 3 is 2.58 bits per heavy atom. The fraction of sp³-hybridized carbons (Fsp3) is 0.357. The van der Waals surface area contributed by atoms with E-state index in [9.17, 15) is 0 Å². The van der Waals surface area contributed by atoms with Gasteiger partial charge in [0.2, 0.25) is 0 Å². The zero-order valence-corrected chi connectivity index (χ0v) is 12.8. The van der Waals surface area contributed by atoms with E-state index in [4.69, 9.17) is 5.73 Å². The Morgan fingerprint density at radius 1 is 1.37 bits per heavy atom. The van der Waals surface area contributed by atoms with Crippen LogP contribution in [0.15, 0.2) is 41.1 Å². The smallest absolute Gasteiger partial charge is 0.0538 e. The van der Waals surface area contributed by atoms with Crippen LogP contribution in [0, 0.1) is 0 Å². The Balaban J connectivity index is 2.08. The minimum Gasteiger partial charge on any atom is -0.329 e. The molecule has 0 amide bonds. The molecule has 0 spiro atoms. The fourth-order valence-corrected chi connectivity index (χ4v) is 2.44. The number of hydrogen-bond acceptors (Lipinski definition) is 3. The lowest BCUT2D eigenvalue weighted by Crippen LogP contribution is -2.29. The van der Waals surface area contributed by atoms with Crippen molar-refractivity contribution >= 4 is 15.9 Å². The van der Waals surface area contributed by atoms with Gasteiger partial charge in [-0.2, -0.15) is 5.10 Å². The van der Waals surface area contributed by atoms with Gasteiger partial charge in [-0.25, -0.2) is 0 Å². The van der Waals surface area contributed by atoms with Gasteiger partial charge in [-0.15, -0.1) is 0 Å². The normalized spacial score (nSPS) is 12.9. The van der Waals surface area contributed by atoms with Crippen molar-refractivity contribution in [2.45, 2.75) is 12.6 Å². The van der Waals surface area contributed by atoms with Gasteiger partial charge in [-0.05, 0) is 24.7 Å². The molecule has 2 N–H and O–H groups in total. The summed E-state index contributed by atoms with van der Waals surface area (Å²) in [7, 11) is 4.01. The second-order valence-corrected chi connectivity index (χ2v) is 5.66. The molecule has 4 nitrogen and oxygen atoms in total. The minimum atomic E-state index is 0.192. The first-order valence-electron chi connectivity index (χ1n) is 6.23. The lowest BCUT2D eigenvalue weighted by Gasteiger charge is -2.26. The Kier molecular flexibility index (Phi) is 4.74. The van der Waals surface area contributed by atoms with Gasteiger partial charge in [0, 0.05) is 36.4 Å². The molecule has 0 radical (unpaired) electrons. The first-order valence-corrected chi connectivity index (χ1v) is 7.02. The molecule has 19 heavy (non-hydrogen) atoms. The maximum absolute atomic E-state index is 5.91. The molecule has 2 aromatic rings. The molecular formula is C14H19BrN4. The summed E-state index contributed by atoms with van der Waals surface area (Å²) in [5.74, 6) is 0. The molecule has 102 valence electrons. The number of likely N-dealkylation sites (N-methyl/N-ethyl adjacent to an activating group) is 1. The number of halogens is 1. The van der Waals surface area contributed by atoms with Gasteiger partial charge >= 0.3 is 0 Å². The van der Waals surface area contributed by atoms with Crippen LogP contribution in [0.5, 0.6) is 0 Å². The van der Waals surface area contributed by atoms with Crippen LogP contribution < -0.4 is 5.73 Å². The van der Waals surface area contributed by atoms with Crippen LogP contribution in [0.2, 0.25) is 0 Å². The number of aryl methyl sites for hydroxylation is 1. The summed E-state index contributed by atoms with van der Waals surface area (Å²) in [5.41, 5.74) is 8.33. The van der Waals surface area contributed by atoms with E-state index >= 15 is 0 Å². The maximum atomic E-state index is 5.91. The lowest BCUT2D eigenvalue weighted by molar-refractivity contribution is 0.241. The first kappa shape index (κ1) is 14.2. The van der Waals surface area contributed by atoms with E-state index in [0.717, 1.165) is 16.6 Å². The molecule has 1 unspecified atom stereocenters. The summed E-state index contributed by atoms with van der Waals surface area (Å²) in [6, 6.07) is 8.56. The average Bonchev–Trinajstić information content (AvgIpc) is 2.80. The molecule has 1 aromatic heterocycles. The highest BCUT2D eigenvalue weighted by atomic mass is 79.9. The van der Waals surface area contributed by atoms with Crippen LogP contribution in [0.25, 0.3) is 0 Å². The Bertz CT molecular complexity index is 520. The van der Waals surface area contributed by atoms with Crippen molar-refractivity contribution < 1.29 is 0 Å². The van der Waals surface area contributed by atoms with Gasteiger partial charge in [-0.3, -0.25) is 9.58 Å². The number of hydrogen-bond donors (Lipinski definition) is 1. The third-order valence-electron chi connectivity index (χ3n) is 3.21. The van der Waals surface area contributed by atoms with Gasteiger partial charge in [0.15, 0.2) is 0 Å². The summed E-state index contributed by atoms with van der Waals surface area (Å²) in [6.07, 6.45) is 3.91. The molecule has 0 aliphatic carbocycles. The Morgan fingerprint density at radius 2 is 2.05 bits per heavy atom. The molecule has 0 fully saturated rings. The third kappa shape index (κ3) is 3.65. The van der Waals surface area contributed by atoms with Crippen LogP contribution in [-0.2, 0) is 13.6 Å². The van der Waals surface area contributed by atoms with E-state index in [0.29, 0.717) is 6.54 Å². The van der Waals surface area contributed by atoms with E-state index in [-0.39, 0.29) is 6.04 Å². The first-order chi connectivity index (χ1) is 9.10. The molecule has 1 heterocycles. The van der Waals surface area contributed by atoms with Crippen LogP contribution in [0.3, 0.4) is 0 Å².